The smallest absolute Gasteiger partial charge is 0.161 e. The first kappa shape index (κ1) is 11.1. The number of imidazole rings is 1. The Bertz CT molecular complexity index is 617. The number of hydrogen-bond acceptors (Lipinski definition) is 2. The standard InChI is InChI=1S/C12H10F3N3/c13-8-4-10(15)9(14)3-7(8)11-12(16)18(5-17-11)6-1-2-6/h3-6H,1-2,16H2. The first-order valence-corrected chi connectivity index (χ1v) is 5.55. The van der Waals surface area contributed by atoms with Crippen LogP contribution in [0.3, 0.4) is 0 Å². The molecule has 18 heavy (non-hydrogen) atoms. The molecule has 0 radical (unpaired) electrons. The van der Waals surface area contributed by atoms with E-state index in [2.05, 4.69) is 4.98 Å². The molecule has 1 fully saturated rings. The molecule has 1 aliphatic rings. The third-order valence-electron chi connectivity index (χ3n) is 3.04. The molecule has 0 aliphatic heterocycles. The fourth-order valence-corrected chi connectivity index (χ4v) is 1.93. The molecule has 1 saturated carbocycles. The van der Waals surface area contributed by atoms with E-state index in [9.17, 15) is 13.2 Å². The molecule has 0 unspecified atom stereocenters. The molecule has 3 nitrogen and oxygen atoms in total. The lowest BCUT2D eigenvalue weighted by Crippen LogP contribution is -2.00. The van der Waals surface area contributed by atoms with Crippen LogP contribution in [0.1, 0.15) is 18.9 Å². The van der Waals surface area contributed by atoms with Gasteiger partial charge in [0.05, 0.1) is 6.33 Å². The van der Waals surface area contributed by atoms with Crippen molar-refractivity contribution >= 4 is 5.82 Å². The topological polar surface area (TPSA) is 43.8 Å². The third kappa shape index (κ3) is 1.64. The van der Waals surface area contributed by atoms with Crippen molar-refractivity contribution in [3.8, 4) is 11.3 Å². The van der Waals surface area contributed by atoms with E-state index in [1.54, 1.807) is 4.57 Å². The maximum absolute atomic E-state index is 13.6. The normalized spacial score (nSPS) is 15.1. The maximum atomic E-state index is 13.6. The van der Waals surface area contributed by atoms with E-state index < -0.39 is 17.5 Å². The number of halogens is 3. The highest BCUT2D eigenvalue weighted by molar-refractivity contribution is 5.71. The van der Waals surface area contributed by atoms with Gasteiger partial charge in [-0.05, 0) is 18.9 Å². The van der Waals surface area contributed by atoms with E-state index in [4.69, 9.17) is 5.73 Å². The van der Waals surface area contributed by atoms with Crippen LogP contribution >= 0.6 is 0 Å². The second-order valence-corrected chi connectivity index (χ2v) is 4.36. The molecule has 1 aromatic carbocycles. The minimum absolute atomic E-state index is 0.120. The van der Waals surface area contributed by atoms with Crippen LogP contribution in [0.15, 0.2) is 18.5 Å². The van der Waals surface area contributed by atoms with Crippen molar-refractivity contribution in [1.29, 1.82) is 0 Å². The van der Waals surface area contributed by atoms with E-state index in [0.29, 0.717) is 12.1 Å². The van der Waals surface area contributed by atoms with Crippen LogP contribution in [0.5, 0.6) is 0 Å². The fourth-order valence-electron chi connectivity index (χ4n) is 1.93. The Morgan fingerprint density at radius 2 is 1.78 bits per heavy atom. The molecule has 1 aliphatic carbocycles. The van der Waals surface area contributed by atoms with Crippen molar-refractivity contribution in [2.75, 3.05) is 5.73 Å². The molecule has 0 saturated heterocycles. The van der Waals surface area contributed by atoms with Crippen molar-refractivity contribution in [3.05, 3.63) is 35.9 Å². The zero-order valence-electron chi connectivity index (χ0n) is 9.33. The number of hydrogen-bond donors (Lipinski definition) is 1. The average Bonchev–Trinajstić information content (AvgIpc) is 3.09. The van der Waals surface area contributed by atoms with Gasteiger partial charge in [0.15, 0.2) is 11.6 Å². The Morgan fingerprint density at radius 3 is 2.44 bits per heavy atom. The van der Waals surface area contributed by atoms with E-state index in [1.165, 1.54) is 6.33 Å². The summed E-state index contributed by atoms with van der Waals surface area (Å²) in [5.74, 6) is -2.94. The lowest BCUT2D eigenvalue weighted by atomic mass is 10.1. The van der Waals surface area contributed by atoms with Gasteiger partial charge in [-0.15, -0.1) is 0 Å². The first-order chi connectivity index (χ1) is 8.58. The largest absolute Gasteiger partial charge is 0.383 e. The summed E-state index contributed by atoms with van der Waals surface area (Å²) < 4.78 is 41.3. The van der Waals surface area contributed by atoms with Gasteiger partial charge in [-0.3, -0.25) is 0 Å². The Kier molecular flexibility index (Phi) is 2.33. The predicted molar refractivity (Wildman–Crippen MR) is 60.2 cm³/mol. The second kappa shape index (κ2) is 3.76. The molecule has 0 spiro atoms. The van der Waals surface area contributed by atoms with Gasteiger partial charge < -0.3 is 10.3 Å². The quantitative estimate of drug-likeness (QED) is 0.836. The van der Waals surface area contributed by atoms with Crippen LogP contribution in [0.4, 0.5) is 19.0 Å². The van der Waals surface area contributed by atoms with Gasteiger partial charge in [-0.25, -0.2) is 18.2 Å². The van der Waals surface area contributed by atoms with Gasteiger partial charge in [-0.2, -0.15) is 0 Å². The van der Waals surface area contributed by atoms with Gasteiger partial charge in [0.2, 0.25) is 0 Å². The molecule has 2 N–H and O–H groups in total. The zero-order chi connectivity index (χ0) is 12.9. The number of nitrogens with zero attached hydrogens (tertiary/aromatic N) is 2. The highest BCUT2D eigenvalue weighted by atomic mass is 19.2. The van der Waals surface area contributed by atoms with Crippen LogP contribution in [0, 0.1) is 17.5 Å². The number of benzene rings is 1. The summed E-state index contributed by atoms with van der Waals surface area (Å²) in [6.45, 7) is 0. The maximum Gasteiger partial charge on any atom is 0.161 e. The minimum Gasteiger partial charge on any atom is -0.383 e. The molecule has 3 rings (SSSR count). The molecule has 1 heterocycles. The van der Waals surface area contributed by atoms with E-state index in [1.807, 2.05) is 0 Å². The second-order valence-electron chi connectivity index (χ2n) is 4.36. The zero-order valence-corrected chi connectivity index (χ0v) is 9.33. The Hall–Kier alpha value is -1.98. The molecule has 2 aromatic rings. The summed E-state index contributed by atoms with van der Waals surface area (Å²) in [6.07, 6.45) is 3.50. The number of rotatable bonds is 2. The first-order valence-electron chi connectivity index (χ1n) is 5.55. The summed E-state index contributed by atoms with van der Waals surface area (Å²) in [4.78, 5) is 3.99. The van der Waals surface area contributed by atoms with Crippen LogP contribution in [-0.4, -0.2) is 9.55 Å². The molecule has 94 valence electrons. The van der Waals surface area contributed by atoms with Crippen LogP contribution in [0.2, 0.25) is 0 Å². The third-order valence-corrected chi connectivity index (χ3v) is 3.04. The number of aromatic nitrogens is 2. The van der Waals surface area contributed by atoms with E-state index in [0.717, 1.165) is 18.9 Å². The van der Waals surface area contributed by atoms with Crippen LogP contribution in [0.25, 0.3) is 11.3 Å². The highest BCUT2D eigenvalue weighted by Gasteiger charge is 2.27. The van der Waals surface area contributed by atoms with Crippen molar-refractivity contribution in [2.45, 2.75) is 18.9 Å². The van der Waals surface area contributed by atoms with Gasteiger partial charge in [0.25, 0.3) is 0 Å². The SMILES string of the molecule is Nc1c(-c2cc(F)c(F)cc2F)ncn1C1CC1. The van der Waals surface area contributed by atoms with Crippen molar-refractivity contribution in [3.63, 3.8) is 0 Å². The molecule has 1 aromatic heterocycles. The summed E-state index contributed by atoms with van der Waals surface area (Å²) >= 11 is 0. The summed E-state index contributed by atoms with van der Waals surface area (Å²) in [7, 11) is 0. The number of nitrogens with two attached hydrogens (primary N) is 1. The Labute approximate surface area is 101 Å². The lowest BCUT2D eigenvalue weighted by molar-refractivity contribution is 0.496. The van der Waals surface area contributed by atoms with Gasteiger partial charge in [0, 0.05) is 17.7 Å². The summed E-state index contributed by atoms with van der Waals surface area (Å²) in [5, 5.41) is 0. The average molecular weight is 253 g/mol. The van der Waals surface area contributed by atoms with Gasteiger partial charge in [0.1, 0.15) is 17.3 Å². The lowest BCUT2D eigenvalue weighted by Gasteiger charge is -2.05. The molecule has 6 heteroatoms. The Morgan fingerprint density at radius 1 is 1.11 bits per heavy atom. The highest BCUT2D eigenvalue weighted by Crippen LogP contribution is 2.39. The van der Waals surface area contributed by atoms with Crippen LogP contribution < -0.4 is 5.73 Å². The minimum atomic E-state index is -1.23. The monoisotopic (exact) mass is 253 g/mol. The Balaban J connectivity index is 2.12. The fraction of sp³-hybridized carbons (Fsp3) is 0.250. The summed E-state index contributed by atoms with van der Waals surface area (Å²) in [6, 6.07) is 1.57. The predicted octanol–water partition coefficient (Wildman–Crippen LogP) is 2.88. The van der Waals surface area contributed by atoms with Crippen LogP contribution in [-0.2, 0) is 0 Å². The van der Waals surface area contributed by atoms with E-state index >= 15 is 0 Å². The van der Waals surface area contributed by atoms with Gasteiger partial charge in [-0.1, -0.05) is 0 Å². The number of nitrogen functional groups attached to an aromatic ring is 1. The van der Waals surface area contributed by atoms with Crippen molar-refractivity contribution < 1.29 is 13.2 Å². The van der Waals surface area contributed by atoms with E-state index in [-0.39, 0.29) is 17.1 Å². The summed E-state index contributed by atoms with van der Waals surface area (Å²) in [5.41, 5.74) is 5.88. The molecule has 0 bridgehead atoms. The van der Waals surface area contributed by atoms with Crippen molar-refractivity contribution in [1.82, 2.24) is 9.55 Å². The molecular weight excluding hydrogens is 243 g/mol. The van der Waals surface area contributed by atoms with Crippen molar-refractivity contribution in [2.24, 2.45) is 0 Å². The molecule has 0 amide bonds. The molecule has 0 atom stereocenters. The molecular formula is C12H10F3N3. The van der Waals surface area contributed by atoms with Gasteiger partial charge >= 0.3 is 0 Å². The number of anilines is 1.